The minimum Gasteiger partial charge on any atom is -0.508 e. The monoisotopic (exact) mass is 342 g/mol. The summed E-state index contributed by atoms with van der Waals surface area (Å²) in [4.78, 5) is 14.5. The van der Waals surface area contributed by atoms with E-state index in [4.69, 9.17) is 9.47 Å². The van der Waals surface area contributed by atoms with Crippen LogP contribution in [0.4, 0.5) is 0 Å². The van der Waals surface area contributed by atoms with Crippen LogP contribution in [0.3, 0.4) is 0 Å². The number of para-hydroxylation sites is 1. The Balaban J connectivity index is 1.71. The fourth-order valence-electron chi connectivity index (χ4n) is 2.99. The molecule has 6 nitrogen and oxygen atoms in total. The number of phenolic OH excluding ortho intramolecular Hbond substituents is 1. The van der Waals surface area contributed by atoms with Crippen LogP contribution < -0.4 is 14.8 Å². The van der Waals surface area contributed by atoms with Gasteiger partial charge < -0.3 is 24.8 Å². The van der Waals surface area contributed by atoms with Gasteiger partial charge in [-0.1, -0.05) is 18.2 Å². The number of piperazine rings is 1. The number of benzene rings is 2. The summed E-state index contributed by atoms with van der Waals surface area (Å²) in [7, 11) is 1.63. The van der Waals surface area contributed by atoms with Crippen LogP contribution in [-0.2, 0) is 4.79 Å². The van der Waals surface area contributed by atoms with Gasteiger partial charge in [0, 0.05) is 25.2 Å². The molecule has 1 aliphatic rings. The summed E-state index contributed by atoms with van der Waals surface area (Å²) < 4.78 is 11.0. The predicted molar refractivity (Wildman–Crippen MR) is 93.9 cm³/mol. The lowest BCUT2D eigenvalue weighted by Crippen LogP contribution is -2.50. The number of phenols is 1. The molecule has 0 saturated carbocycles. The van der Waals surface area contributed by atoms with Gasteiger partial charge in [-0.15, -0.1) is 0 Å². The molecule has 132 valence electrons. The highest BCUT2D eigenvalue weighted by molar-refractivity contribution is 5.78. The van der Waals surface area contributed by atoms with Crippen molar-refractivity contribution < 1.29 is 19.4 Å². The molecule has 6 heteroatoms. The second-order valence-corrected chi connectivity index (χ2v) is 5.83. The highest BCUT2D eigenvalue weighted by atomic mass is 16.5. The second-order valence-electron chi connectivity index (χ2n) is 5.83. The van der Waals surface area contributed by atoms with Gasteiger partial charge in [0.2, 0.25) is 0 Å². The van der Waals surface area contributed by atoms with Gasteiger partial charge in [0.05, 0.1) is 13.2 Å². The van der Waals surface area contributed by atoms with Gasteiger partial charge in [0.1, 0.15) is 17.2 Å². The molecule has 1 unspecified atom stereocenters. The van der Waals surface area contributed by atoms with E-state index in [0.29, 0.717) is 18.8 Å². The fourth-order valence-corrected chi connectivity index (χ4v) is 2.99. The fraction of sp³-hybridized carbons (Fsp3) is 0.316. The zero-order valence-electron chi connectivity index (χ0n) is 14.1. The van der Waals surface area contributed by atoms with Crippen LogP contribution in [0.15, 0.2) is 48.5 Å². The maximum atomic E-state index is 12.7. The molecule has 0 bridgehead atoms. The summed E-state index contributed by atoms with van der Waals surface area (Å²) in [5, 5.41) is 12.6. The zero-order valence-corrected chi connectivity index (χ0v) is 14.1. The Morgan fingerprint density at radius 1 is 1.24 bits per heavy atom. The van der Waals surface area contributed by atoms with Crippen LogP contribution in [0.1, 0.15) is 11.6 Å². The first-order valence-electron chi connectivity index (χ1n) is 8.24. The van der Waals surface area contributed by atoms with Gasteiger partial charge in [0.15, 0.2) is 6.61 Å². The van der Waals surface area contributed by atoms with Crippen molar-refractivity contribution in [2.45, 2.75) is 6.04 Å². The lowest BCUT2D eigenvalue weighted by Gasteiger charge is -2.37. The molecular formula is C19H22N2O4. The van der Waals surface area contributed by atoms with Crippen molar-refractivity contribution in [3.05, 3.63) is 54.1 Å². The van der Waals surface area contributed by atoms with Crippen molar-refractivity contribution in [1.82, 2.24) is 10.2 Å². The molecule has 0 spiro atoms. The van der Waals surface area contributed by atoms with Crippen LogP contribution >= 0.6 is 0 Å². The lowest BCUT2D eigenvalue weighted by atomic mass is 10.0. The molecule has 1 aliphatic heterocycles. The van der Waals surface area contributed by atoms with Crippen molar-refractivity contribution in [3.63, 3.8) is 0 Å². The van der Waals surface area contributed by atoms with E-state index < -0.39 is 0 Å². The SMILES string of the molecule is COc1ccccc1C1CNCCN1C(=O)COc1ccc(O)cc1. The Hall–Kier alpha value is -2.73. The van der Waals surface area contributed by atoms with Gasteiger partial charge in [-0.2, -0.15) is 0 Å². The van der Waals surface area contributed by atoms with E-state index in [0.717, 1.165) is 17.9 Å². The highest BCUT2D eigenvalue weighted by Gasteiger charge is 2.29. The van der Waals surface area contributed by atoms with Crippen LogP contribution in [0, 0.1) is 0 Å². The minimum absolute atomic E-state index is 0.0452. The Morgan fingerprint density at radius 2 is 2.00 bits per heavy atom. The summed E-state index contributed by atoms with van der Waals surface area (Å²) in [6.07, 6.45) is 0. The van der Waals surface area contributed by atoms with Gasteiger partial charge in [-0.05, 0) is 30.3 Å². The molecular weight excluding hydrogens is 320 g/mol. The van der Waals surface area contributed by atoms with Gasteiger partial charge >= 0.3 is 0 Å². The summed E-state index contributed by atoms with van der Waals surface area (Å²) in [6.45, 7) is 1.98. The van der Waals surface area contributed by atoms with Crippen molar-refractivity contribution >= 4 is 5.91 Å². The number of nitrogens with zero attached hydrogens (tertiary/aromatic N) is 1. The van der Waals surface area contributed by atoms with E-state index in [9.17, 15) is 9.90 Å². The Labute approximate surface area is 147 Å². The molecule has 3 rings (SSSR count). The molecule has 2 N–H and O–H groups in total. The third kappa shape index (κ3) is 4.03. The number of hydrogen-bond acceptors (Lipinski definition) is 5. The first kappa shape index (κ1) is 17.1. The largest absolute Gasteiger partial charge is 0.508 e. The van der Waals surface area contributed by atoms with Gasteiger partial charge in [0.25, 0.3) is 5.91 Å². The highest BCUT2D eigenvalue weighted by Crippen LogP contribution is 2.30. The number of amides is 1. The summed E-state index contributed by atoms with van der Waals surface area (Å²) >= 11 is 0. The van der Waals surface area contributed by atoms with Gasteiger partial charge in [-0.25, -0.2) is 0 Å². The number of ether oxygens (including phenoxy) is 2. The molecule has 1 fully saturated rings. The third-order valence-electron chi connectivity index (χ3n) is 4.26. The second kappa shape index (κ2) is 7.90. The molecule has 2 aromatic rings. The van der Waals surface area contributed by atoms with Crippen LogP contribution in [-0.4, -0.2) is 49.3 Å². The number of carbonyl (C=O) groups excluding carboxylic acids is 1. The van der Waals surface area contributed by atoms with Crippen LogP contribution in [0.2, 0.25) is 0 Å². The van der Waals surface area contributed by atoms with E-state index >= 15 is 0 Å². The molecule has 0 aliphatic carbocycles. The number of nitrogens with one attached hydrogen (secondary N) is 1. The van der Waals surface area contributed by atoms with E-state index in [1.165, 1.54) is 12.1 Å². The molecule has 0 aromatic heterocycles. The molecule has 1 saturated heterocycles. The molecule has 0 radical (unpaired) electrons. The maximum Gasteiger partial charge on any atom is 0.261 e. The van der Waals surface area contributed by atoms with E-state index in [1.54, 1.807) is 19.2 Å². The zero-order chi connectivity index (χ0) is 17.6. The third-order valence-corrected chi connectivity index (χ3v) is 4.26. The van der Waals surface area contributed by atoms with Crippen LogP contribution in [0.25, 0.3) is 0 Å². The Bertz CT molecular complexity index is 718. The summed E-state index contributed by atoms with van der Waals surface area (Å²) in [5.41, 5.74) is 0.982. The number of aromatic hydroxyl groups is 1. The maximum absolute atomic E-state index is 12.7. The van der Waals surface area contributed by atoms with E-state index in [-0.39, 0.29) is 24.3 Å². The smallest absolute Gasteiger partial charge is 0.261 e. The van der Waals surface area contributed by atoms with Crippen molar-refractivity contribution in [2.75, 3.05) is 33.4 Å². The molecule has 25 heavy (non-hydrogen) atoms. The quantitative estimate of drug-likeness (QED) is 0.869. The Morgan fingerprint density at radius 3 is 2.76 bits per heavy atom. The average molecular weight is 342 g/mol. The first-order chi connectivity index (χ1) is 12.2. The van der Waals surface area contributed by atoms with E-state index in [1.807, 2.05) is 29.2 Å². The molecule has 1 amide bonds. The van der Waals surface area contributed by atoms with Crippen LogP contribution in [0.5, 0.6) is 17.2 Å². The average Bonchev–Trinajstić information content (AvgIpc) is 2.67. The first-order valence-corrected chi connectivity index (χ1v) is 8.24. The predicted octanol–water partition coefficient (Wildman–Crippen LogP) is 1.95. The van der Waals surface area contributed by atoms with Crippen molar-refractivity contribution in [2.24, 2.45) is 0 Å². The standard InChI is InChI=1S/C19H22N2O4/c1-24-18-5-3-2-4-16(18)17-12-20-10-11-21(17)19(23)13-25-15-8-6-14(22)7-9-15/h2-9,17,20,22H,10-13H2,1H3. The van der Waals surface area contributed by atoms with Gasteiger partial charge in [-0.3, -0.25) is 4.79 Å². The number of rotatable bonds is 5. The van der Waals surface area contributed by atoms with Crippen molar-refractivity contribution in [3.8, 4) is 17.2 Å². The van der Waals surface area contributed by atoms with Crippen molar-refractivity contribution in [1.29, 1.82) is 0 Å². The lowest BCUT2D eigenvalue weighted by molar-refractivity contribution is -0.136. The number of hydrogen-bond donors (Lipinski definition) is 2. The molecule has 1 atom stereocenters. The minimum atomic E-state index is -0.0965. The molecule has 1 heterocycles. The Kier molecular flexibility index (Phi) is 5.40. The number of methoxy groups -OCH3 is 1. The number of carbonyl (C=O) groups is 1. The normalized spacial score (nSPS) is 17.2. The molecule has 2 aromatic carbocycles. The van der Waals surface area contributed by atoms with E-state index in [2.05, 4.69) is 5.32 Å². The summed E-state index contributed by atoms with van der Waals surface area (Å²) in [5.74, 6) is 1.41. The topological polar surface area (TPSA) is 71.0 Å². The summed E-state index contributed by atoms with van der Waals surface area (Å²) in [6, 6.07) is 14.0.